The van der Waals surface area contributed by atoms with Crippen molar-refractivity contribution in [2.75, 3.05) is 0 Å². The van der Waals surface area contributed by atoms with Crippen LogP contribution in [0.2, 0.25) is 0 Å². The van der Waals surface area contributed by atoms with Crippen LogP contribution in [0.4, 0.5) is 11.6 Å². The third-order valence-electron chi connectivity index (χ3n) is 3.27. The molecule has 2 heterocycles. The average molecular weight is 404 g/mol. The van der Waals surface area contributed by atoms with Crippen LogP contribution in [0.5, 0.6) is 0 Å². The standard InChI is InChI=1S/C15H8N4O6S2/c20-14-12(7-11-5-6-13(25-11)19(23)24)27-15(26)17(14)16-8-9-1-3-10(4-2-9)18(21)22/h1-8H/b12-7+,16-8+. The van der Waals surface area contributed by atoms with Crippen molar-refractivity contribution >= 4 is 58.1 Å². The number of non-ortho nitro benzene ring substituents is 1. The number of nitrogens with zero attached hydrogens (tertiary/aromatic N) is 4. The molecule has 1 aromatic carbocycles. The van der Waals surface area contributed by atoms with Crippen LogP contribution in [0.15, 0.2) is 50.8 Å². The Balaban J connectivity index is 1.76. The highest BCUT2D eigenvalue weighted by Gasteiger charge is 2.32. The number of benzene rings is 1. The Labute approximate surface area is 160 Å². The third-order valence-corrected chi connectivity index (χ3v) is 4.55. The predicted octanol–water partition coefficient (Wildman–Crippen LogP) is 3.33. The number of rotatable bonds is 5. The van der Waals surface area contributed by atoms with E-state index in [9.17, 15) is 25.0 Å². The highest BCUT2D eigenvalue weighted by Crippen LogP contribution is 2.33. The lowest BCUT2D eigenvalue weighted by molar-refractivity contribution is -0.402. The van der Waals surface area contributed by atoms with E-state index in [2.05, 4.69) is 5.10 Å². The van der Waals surface area contributed by atoms with Crippen LogP contribution in [0, 0.1) is 20.2 Å². The molecule has 0 radical (unpaired) electrons. The number of amides is 1. The fourth-order valence-corrected chi connectivity index (χ4v) is 3.17. The molecule has 0 saturated carbocycles. The number of carbonyl (C=O) groups is 1. The van der Waals surface area contributed by atoms with E-state index in [1.807, 2.05) is 0 Å². The van der Waals surface area contributed by atoms with Gasteiger partial charge in [0.1, 0.15) is 10.7 Å². The van der Waals surface area contributed by atoms with E-state index in [4.69, 9.17) is 16.6 Å². The Morgan fingerprint density at radius 1 is 1.11 bits per heavy atom. The zero-order valence-electron chi connectivity index (χ0n) is 13.2. The van der Waals surface area contributed by atoms with Crippen molar-refractivity contribution < 1.29 is 19.1 Å². The second-order valence-corrected chi connectivity index (χ2v) is 6.70. The van der Waals surface area contributed by atoms with E-state index in [0.29, 0.717) is 5.56 Å². The molecule has 12 heteroatoms. The molecule has 1 aromatic heterocycles. The molecule has 2 aromatic rings. The maximum atomic E-state index is 12.4. The van der Waals surface area contributed by atoms with Crippen LogP contribution in [-0.2, 0) is 4.79 Å². The van der Waals surface area contributed by atoms with Gasteiger partial charge in [0.15, 0.2) is 4.32 Å². The Morgan fingerprint density at radius 2 is 1.81 bits per heavy atom. The van der Waals surface area contributed by atoms with Gasteiger partial charge in [-0.15, -0.1) is 0 Å². The molecule has 1 fully saturated rings. The van der Waals surface area contributed by atoms with Gasteiger partial charge in [-0.1, -0.05) is 11.8 Å². The fourth-order valence-electron chi connectivity index (χ4n) is 2.01. The van der Waals surface area contributed by atoms with Crippen LogP contribution in [0.25, 0.3) is 6.08 Å². The molecule has 0 aliphatic carbocycles. The van der Waals surface area contributed by atoms with E-state index >= 15 is 0 Å². The minimum absolute atomic E-state index is 0.0618. The van der Waals surface area contributed by atoms with Crippen molar-refractivity contribution in [2.45, 2.75) is 0 Å². The largest absolute Gasteiger partial charge is 0.433 e. The summed E-state index contributed by atoms with van der Waals surface area (Å²) in [5.74, 6) is -0.809. The van der Waals surface area contributed by atoms with Crippen molar-refractivity contribution in [3.63, 3.8) is 0 Å². The van der Waals surface area contributed by atoms with Crippen LogP contribution >= 0.6 is 24.0 Å². The zero-order valence-corrected chi connectivity index (χ0v) is 14.8. The highest BCUT2D eigenvalue weighted by atomic mass is 32.2. The summed E-state index contributed by atoms with van der Waals surface area (Å²) in [5.41, 5.74) is 0.480. The van der Waals surface area contributed by atoms with Gasteiger partial charge in [-0.3, -0.25) is 25.0 Å². The van der Waals surface area contributed by atoms with Gasteiger partial charge in [0, 0.05) is 18.2 Å². The number of hydrogen-bond acceptors (Lipinski definition) is 9. The quantitative estimate of drug-likeness (QED) is 0.244. The number of carbonyl (C=O) groups excluding carboxylic acids is 1. The summed E-state index contributed by atoms with van der Waals surface area (Å²) in [4.78, 5) is 32.7. The first kappa shape index (κ1) is 18.4. The van der Waals surface area contributed by atoms with Gasteiger partial charge in [-0.25, -0.2) is 0 Å². The number of thiocarbonyl (C=S) groups is 1. The molecule has 0 unspecified atom stereocenters. The van der Waals surface area contributed by atoms with Gasteiger partial charge in [-0.2, -0.15) is 10.1 Å². The van der Waals surface area contributed by atoms with Crippen molar-refractivity contribution in [1.82, 2.24) is 5.01 Å². The van der Waals surface area contributed by atoms with E-state index in [1.54, 1.807) is 0 Å². The van der Waals surface area contributed by atoms with Gasteiger partial charge in [0.25, 0.3) is 11.6 Å². The molecule has 0 N–H and O–H groups in total. The number of nitro groups is 2. The number of thioether (sulfide) groups is 1. The predicted molar refractivity (Wildman–Crippen MR) is 101 cm³/mol. The maximum Gasteiger partial charge on any atom is 0.433 e. The number of hydrazone groups is 1. The van der Waals surface area contributed by atoms with E-state index in [-0.39, 0.29) is 20.7 Å². The minimum atomic E-state index is -0.683. The first-order valence-electron chi connectivity index (χ1n) is 7.16. The Hall–Kier alpha value is -3.38. The molecule has 10 nitrogen and oxygen atoms in total. The first-order valence-corrected chi connectivity index (χ1v) is 8.38. The fraction of sp³-hybridized carbons (Fsp3) is 0. The van der Waals surface area contributed by atoms with Crippen molar-refractivity contribution in [2.24, 2.45) is 5.10 Å². The summed E-state index contributed by atoms with van der Waals surface area (Å²) in [6.07, 6.45) is 2.68. The number of hydrogen-bond donors (Lipinski definition) is 0. The minimum Gasteiger partial charge on any atom is -0.401 e. The molecule has 1 amide bonds. The van der Waals surface area contributed by atoms with Gasteiger partial charge >= 0.3 is 5.88 Å². The van der Waals surface area contributed by atoms with Crippen LogP contribution < -0.4 is 0 Å². The second-order valence-electron chi connectivity index (χ2n) is 5.02. The molecule has 1 saturated heterocycles. The van der Waals surface area contributed by atoms with E-state index in [1.165, 1.54) is 48.7 Å². The molecule has 0 spiro atoms. The monoisotopic (exact) mass is 404 g/mol. The zero-order chi connectivity index (χ0) is 19.6. The van der Waals surface area contributed by atoms with Gasteiger partial charge in [-0.05, 0) is 36.0 Å². The normalized spacial score (nSPS) is 15.9. The van der Waals surface area contributed by atoms with Gasteiger partial charge in [0.2, 0.25) is 0 Å². The molecule has 1 aliphatic rings. The molecule has 1 aliphatic heterocycles. The van der Waals surface area contributed by atoms with Crippen molar-refractivity contribution in [3.05, 3.63) is 72.9 Å². The lowest BCUT2D eigenvalue weighted by Crippen LogP contribution is -2.22. The summed E-state index contributed by atoms with van der Waals surface area (Å²) < 4.78 is 5.16. The smallest absolute Gasteiger partial charge is 0.401 e. The lowest BCUT2D eigenvalue weighted by atomic mass is 10.2. The highest BCUT2D eigenvalue weighted by molar-refractivity contribution is 8.26. The molecule has 3 rings (SSSR count). The average Bonchev–Trinajstić information content (AvgIpc) is 3.19. The lowest BCUT2D eigenvalue weighted by Gasteiger charge is -2.05. The summed E-state index contributed by atoms with van der Waals surface area (Å²) in [7, 11) is 0. The Morgan fingerprint density at radius 3 is 2.41 bits per heavy atom. The van der Waals surface area contributed by atoms with Gasteiger partial charge in [0.05, 0.1) is 22.1 Å². The Bertz CT molecular complexity index is 1010. The number of nitro benzene ring substituents is 1. The Kier molecular flexibility index (Phi) is 5.09. The molecule has 27 heavy (non-hydrogen) atoms. The van der Waals surface area contributed by atoms with Crippen LogP contribution in [0.3, 0.4) is 0 Å². The van der Waals surface area contributed by atoms with E-state index in [0.717, 1.165) is 16.8 Å². The number of furan rings is 1. The summed E-state index contributed by atoms with van der Waals surface area (Å²) >= 11 is 6.09. The van der Waals surface area contributed by atoms with Gasteiger partial charge < -0.3 is 4.42 Å². The van der Waals surface area contributed by atoms with Crippen LogP contribution in [0.1, 0.15) is 11.3 Å². The topological polar surface area (TPSA) is 132 Å². The van der Waals surface area contributed by atoms with Crippen LogP contribution in [-0.4, -0.2) is 31.3 Å². The molecule has 0 bridgehead atoms. The van der Waals surface area contributed by atoms with Crippen molar-refractivity contribution in [3.8, 4) is 0 Å². The first-order chi connectivity index (χ1) is 12.8. The molecule has 136 valence electrons. The third kappa shape index (κ3) is 4.07. The van der Waals surface area contributed by atoms with E-state index < -0.39 is 21.6 Å². The SMILES string of the molecule is O=C1/C(=C\c2ccc([N+](=O)[O-])o2)SC(=S)N1/N=C/c1ccc([N+](=O)[O-])cc1. The summed E-state index contributed by atoms with van der Waals surface area (Å²) in [6.45, 7) is 0. The summed E-state index contributed by atoms with van der Waals surface area (Å²) in [5, 5.41) is 26.3. The maximum absolute atomic E-state index is 12.4. The second kappa shape index (κ2) is 7.47. The summed E-state index contributed by atoms with van der Waals surface area (Å²) in [6, 6.07) is 8.14. The molecule has 0 atom stereocenters. The van der Waals surface area contributed by atoms with Crippen molar-refractivity contribution in [1.29, 1.82) is 0 Å². The molecular formula is C15H8N4O6S2. The molecular weight excluding hydrogens is 396 g/mol.